The van der Waals surface area contributed by atoms with Gasteiger partial charge in [0, 0.05) is 6.54 Å². The minimum absolute atomic E-state index is 0.321. The van der Waals surface area contributed by atoms with Crippen LogP contribution < -0.4 is 5.73 Å². The smallest absolute Gasteiger partial charge is 0.189 e. The predicted molar refractivity (Wildman–Crippen MR) is 45.2 cm³/mol. The lowest BCUT2D eigenvalue weighted by molar-refractivity contribution is -0.146. The van der Waals surface area contributed by atoms with Crippen LogP contribution in [0.15, 0.2) is 0 Å². The molecule has 0 radical (unpaired) electrons. The number of rotatable bonds is 6. The topological polar surface area (TPSA) is 144 Å². The molecule has 0 aliphatic carbocycles. The highest BCUT2D eigenvalue weighted by atomic mass is 16.4. The van der Waals surface area contributed by atoms with E-state index in [4.69, 9.17) is 31.3 Å². The van der Waals surface area contributed by atoms with E-state index in [1.54, 1.807) is 0 Å². The first-order valence-corrected chi connectivity index (χ1v) is 4.01. The van der Waals surface area contributed by atoms with Crippen LogP contribution in [0.4, 0.5) is 0 Å². The Labute approximate surface area is 80.4 Å². The van der Waals surface area contributed by atoms with E-state index in [2.05, 4.69) is 0 Å². The van der Waals surface area contributed by atoms with E-state index in [1.165, 1.54) is 0 Å². The quantitative estimate of drug-likeness (QED) is 0.261. The van der Waals surface area contributed by atoms with Crippen molar-refractivity contribution >= 4 is 5.78 Å². The van der Waals surface area contributed by atoms with Crippen LogP contribution in [0.1, 0.15) is 0 Å². The van der Waals surface area contributed by atoms with Gasteiger partial charge in [0.25, 0.3) is 0 Å². The third-order valence-electron chi connectivity index (χ3n) is 1.79. The minimum atomic E-state index is -1.93. The van der Waals surface area contributed by atoms with E-state index < -0.39 is 36.8 Å². The van der Waals surface area contributed by atoms with Gasteiger partial charge in [-0.1, -0.05) is 0 Å². The maximum Gasteiger partial charge on any atom is 0.189 e. The molecule has 0 saturated carbocycles. The van der Waals surface area contributed by atoms with Crippen LogP contribution in [0.2, 0.25) is 0 Å². The number of hydrogen-bond donors (Lipinski definition) is 6. The third-order valence-corrected chi connectivity index (χ3v) is 1.79. The van der Waals surface area contributed by atoms with Crippen LogP contribution in [0, 0.1) is 0 Å². The summed E-state index contributed by atoms with van der Waals surface area (Å²) >= 11 is 0. The molecule has 4 atom stereocenters. The molecule has 84 valence electrons. The van der Waals surface area contributed by atoms with E-state index in [1.807, 2.05) is 0 Å². The van der Waals surface area contributed by atoms with Crippen molar-refractivity contribution in [3.8, 4) is 0 Å². The maximum absolute atomic E-state index is 10.7. The van der Waals surface area contributed by atoms with Crippen LogP contribution >= 0.6 is 0 Å². The van der Waals surface area contributed by atoms with Crippen LogP contribution in [-0.2, 0) is 4.79 Å². The van der Waals surface area contributed by atoms with Gasteiger partial charge in [-0.2, -0.15) is 0 Å². The van der Waals surface area contributed by atoms with Gasteiger partial charge in [-0.15, -0.1) is 0 Å². The maximum atomic E-state index is 10.7. The SMILES string of the molecule is NC[C@@H](O)[C@@H](O)[C@@H](O)[C@H](O)C(=O)CO. The summed E-state index contributed by atoms with van der Waals surface area (Å²) in [5, 5.41) is 44.6. The molecule has 0 saturated heterocycles. The van der Waals surface area contributed by atoms with Gasteiger partial charge in [0.1, 0.15) is 24.9 Å². The number of carbonyl (C=O) groups excluding carboxylic acids is 1. The highest BCUT2D eigenvalue weighted by Crippen LogP contribution is 2.05. The van der Waals surface area contributed by atoms with E-state index >= 15 is 0 Å². The zero-order chi connectivity index (χ0) is 11.3. The molecule has 0 aromatic carbocycles. The average Bonchev–Trinajstić information content (AvgIpc) is 2.23. The lowest BCUT2D eigenvalue weighted by Crippen LogP contribution is -2.50. The molecule has 0 amide bonds. The largest absolute Gasteiger partial charge is 0.389 e. The van der Waals surface area contributed by atoms with E-state index in [-0.39, 0.29) is 6.54 Å². The molecule has 0 aromatic heterocycles. The minimum Gasteiger partial charge on any atom is -0.389 e. The molecular weight excluding hydrogens is 194 g/mol. The number of hydrogen-bond acceptors (Lipinski definition) is 7. The second kappa shape index (κ2) is 6.02. The standard InChI is InChI=1S/C7H15NO6/c8-1-3(10)5(12)7(14)6(13)4(11)2-9/h3,5-7,9-10,12-14H,1-2,8H2/t3-,5-,6-,7-/m1/s1. The van der Waals surface area contributed by atoms with Gasteiger partial charge < -0.3 is 31.3 Å². The Morgan fingerprint density at radius 1 is 1.14 bits per heavy atom. The summed E-state index contributed by atoms with van der Waals surface area (Å²) < 4.78 is 0. The number of aliphatic hydroxyl groups is 5. The van der Waals surface area contributed by atoms with Crippen molar-refractivity contribution in [2.45, 2.75) is 24.4 Å². The highest BCUT2D eigenvalue weighted by Gasteiger charge is 2.33. The fraction of sp³-hybridized carbons (Fsp3) is 0.857. The lowest BCUT2D eigenvalue weighted by Gasteiger charge is -2.24. The zero-order valence-corrected chi connectivity index (χ0v) is 7.45. The number of Topliss-reactive ketones (excluding diaryl/α,β-unsaturated/α-hetero) is 1. The molecule has 0 spiro atoms. The van der Waals surface area contributed by atoms with Gasteiger partial charge in [0.2, 0.25) is 0 Å². The molecule has 0 rings (SSSR count). The summed E-state index contributed by atoms with van der Waals surface area (Å²) in [6, 6.07) is 0. The Kier molecular flexibility index (Phi) is 5.77. The second-order valence-electron chi connectivity index (χ2n) is 2.85. The van der Waals surface area contributed by atoms with Crippen molar-refractivity contribution in [2.75, 3.05) is 13.2 Å². The Morgan fingerprint density at radius 3 is 2.00 bits per heavy atom. The molecule has 7 nitrogen and oxygen atoms in total. The molecule has 14 heavy (non-hydrogen) atoms. The summed E-state index contributed by atoms with van der Waals surface area (Å²) in [6.07, 6.45) is -6.97. The van der Waals surface area contributed by atoms with Crippen molar-refractivity contribution in [1.82, 2.24) is 0 Å². The monoisotopic (exact) mass is 209 g/mol. The average molecular weight is 209 g/mol. The van der Waals surface area contributed by atoms with Gasteiger partial charge in [-0.25, -0.2) is 0 Å². The van der Waals surface area contributed by atoms with E-state index in [9.17, 15) is 4.79 Å². The Balaban J connectivity index is 4.30. The Bertz CT molecular complexity index is 187. The lowest BCUT2D eigenvalue weighted by atomic mass is 10.0. The summed E-state index contributed by atoms with van der Waals surface area (Å²) in [7, 11) is 0. The molecular formula is C7H15NO6. The molecule has 0 aliphatic rings. The first-order valence-electron chi connectivity index (χ1n) is 4.01. The van der Waals surface area contributed by atoms with Crippen molar-refractivity contribution in [1.29, 1.82) is 0 Å². The van der Waals surface area contributed by atoms with Crippen molar-refractivity contribution in [3.05, 3.63) is 0 Å². The van der Waals surface area contributed by atoms with Gasteiger partial charge in [0.15, 0.2) is 5.78 Å². The number of nitrogens with two attached hydrogens (primary N) is 1. The summed E-state index contributed by atoms with van der Waals surface area (Å²) in [5.41, 5.74) is 4.98. The molecule has 7 heteroatoms. The summed E-state index contributed by atoms with van der Waals surface area (Å²) in [4.78, 5) is 10.7. The third kappa shape index (κ3) is 3.29. The van der Waals surface area contributed by atoms with Gasteiger partial charge in [-0.05, 0) is 0 Å². The Hall–Kier alpha value is -0.570. The molecule has 0 heterocycles. The fourth-order valence-electron chi connectivity index (χ4n) is 0.838. The first kappa shape index (κ1) is 13.4. The summed E-state index contributed by atoms with van der Waals surface area (Å²) in [5.74, 6) is -1.04. The summed E-state index contributed by atoms with van der Waals surface area (Å²) in [6.45, 7) is -1.28. The molecule has 7 N–H and O–H groups in total. The van der Waals surface area contributed by atoms with Crippen LogP contribution in [0.25, 0.3) is 0 Å². The van der Waals surface area contributed by atoms with E-state index in [0.717, 1.165) is 0 Å². The van der Waals surface area contributed by atoms with Crippen LogP contribution in [-0.4, -0.2) is 68.9 Å². The van der Waals surface area contributed by atoms with Crippen molar-refractivity contribution < 1.29 is 30.3 Å². The van der Waals surface area contributed by atoms with Crippen LogP contribution in [0.3, 0.4) is 0 Å². The zero-order valence-electron chi connectivity index (χ0n) is 7.45. The number of ketones is 1. The van der Waals surface area contributed by atoms with Gasteiger partial charge >= 0.3 is 0 Å². The van der Waals surface area contributed by atoms with Gasteiger partial charge in [0.05, 0.1) is 6.10 Å². The molecule has 0 aromatic rings. The van der Waals surface area contributed by atoms with Crippen LogP contribution in [0.5, 0.6) is 0 Å². The molecule has 0 aliphatic heterocycles. The molecule has 0 fully saturated rings. The molecule has 0 bridgehead atoms. The highest BCUT2D eigenvalue weighted by molar-refractivity contribution is 5.84. The number of aliphatic hydroxyl groups excluding tert-OH is 5. The number of carbonyl (C=O) groups is 1. The first-order chi connectivity index (χ1) is 6.45. The van der Waals surface area contributed by atoms with Gasteiger partial charge in [-0.3, -0.25) is 4.79 Å². The Morgan fingerprint density at radius 2 is 1.64 bits per heavy atom. The van der Waals surface area contributed by atoms with Crippen molar-refractivity contribution in [2.24, 2.45) is 5.73 Å². The fourth-order valence-corrected chi connectivity index (χ4v) is 0.838. The molecule has 0 unspecified atom stereocenters. The van der Waals surface area contributed by atoms with E-state index in [0.29, 0.717) is 0 Å². The predicted octanol–water partition coefficient (Wildman–Crippen LogP) is -4.05. The normalized spacial score (nSPS) is 19.9. The second-order valence-corrected chi connectivity index (χ2v) is 2.85. The van der Waals surface area contributed by atoms with Crippen molar-refractivity contribution in [3.63, 3.8) is 0 Å².